The lowest BCUT2D eigenvalue weighted by atomic mass is 10.3. The molecule has 0 aliphatic carbocycles. The van der Waals surface area contributed by atoms with Gasteiger partial charge in [-0.15, -0.1) is 11.8 Å². The molecule has 24 heavy (non-hydrogen) atoms. The molecule has 1 aromatic heterocycles. The summed E-state index contributed by atoms with van der Waals surface area (Å²) < 4.78 is 1.71. The first-order valence-corrected chi connectivity index (χ1v) is 8.48. The van der Waals surface area contributed by atoms with Crippen molar-refractivity contribution in [3.8, 4) is 0 Å². The smallest absolute Gasteiger partial charge is 0.228 e. The highest BCUT2D eigenvalue weighted by Gasteiger charge is 2.00. The molecule has 0 spiro atoms. The van der Waals surface area contributed by atoms with Crippen LogP contribution in [0.1, 0.15) is 6.92 Å². The summed E-state index contributed by atoms with van der Waals surface area (Å²) in [6.07, 6.45) is 8.89. The Hall–Kier alpha value is -2.74. The Morgan fingerprint density at radius 1 is 1.38 bits per heavy atom. The van der Waals surface area contributed by atoms with Gasteiger partial charge in [0.25, 0.3) is 0 Å². The normalized spacial score (nSPS) is 12.6. The van der Waals surface area contributed by atoms with E-state index in [0.717, 1.165) is 16.3 Å². The van der Waals surface area contributed by atoms with Gasteiger partial charge in [-0.05, 0) is 36.3 Å². The molecule has 0 aliphatic heterocycles. The summed E-state index contributed by atoms with van der Waals surface area (Å²) >= 11 is 1.63. The minimum atomic E-state index is 0.452. The maximum absolute atomic E-state index is 5.75. The average molecular weight is 343 g/mol. The van der Waals surface area contributed by atoms with Crippen molar-refractivity contribution in [2.45, 2.75) is 6.92 Å². The Morgan fingerprint density at radius 2 is 2.21 bits per heavy atom. The number of anilines is 3. The Morgan fingerprint density at radius 3 is 2.88 bits per heavy atom. The van der Waals surface area contributed by atoms with Crippen LogP contribution in [0.15, 0.2) is 57.7 Å². The second kappa shape index (κ2) is 8.78. The van der Waals surface area contributed by atoms with Gasteiger partial charge in [-0.25, -0.2) is 9.98 Å². The van der Waals surface area contributed by atoms with Crippen LogP contribution in [0.5, 0.6) is 0 Å². The molecule has 8 heteroatoms. The van der Waals surface area contributed by atoms with Crippen molar-refractivity contribution < 1.29 is 0 Å². The first-order chi connectivity index (χ1) is 11.6. The molecule has 0 saturated heterocycles. The number of nitrogens with one attached hydrogen (secondary N) is 2. The molecule has 126 valence electrons. The number of benzene rings is 1. The van der Waals surface area contributed by atoms with Crippen molar-refractivity contribution in [1.82, 2.24) is 9.78 Å². The van der Waals surface area contributed by atoms with Gasteiger partial charge < -0.3 is 16.4 Å². The predicted octanol–water partition coefficient (Wildman–Crippen LogP) is 3.13. The fraction of sp³-hybridized carbons (Fsp3) is 0.188. The maximum atomic E-state index is 5.75. The van der Waals surface area contributed by atoms with E-state index in [-0.39, 0.29) is 0 Å². The van der Waals surface area contributed by atoms with Gasteiger partial charge >= 0.3 is 0 Å². The molecule has 0 bridgehead atoms. The van der Waals surface area contributed by atoms with E-state index in [9.17, 15) is 0 Å². The number of aliphatic imine (C=N–C) groups is 2. The number of thioether (sulfide) groups is 1. The van der Waals surface area contributed by atoms with Crippen molar-refractivity contribution in [1.29, 1.82) is 0 Å². The van der Waals surface area contributed by atoms with Crippen LogP contribution in [-0.2, 0) is 7.05 Å². The fourth-order valence-corrected chi connectivity index (χ4v) is 1.87. The number of hydrogen-bond acceptors (Lipinski definition) is 4. The van der Waals surface area contributed by atoms with E-state index in [0.29, 0.717) is 11.6 Å². The van der Waals surface area contributed by atoms with E-state index in [1.807, 2.05) is 50.7 Å². The molecule has 0 radical (unpaired) electrons. The van der Waals surface area contributed by atoms with Gasteiger partial charge in [0, 0.05) is 30.8 Å². The summed E-state index contributed by atoms with van der Waals surface area (Å²) in [7, 11) is 1.85. The van der Waals surface area contributed by atoms with Crippen LogP contribution in [0, 0.1) is 0 Å². The van der Waals surface area contributed by atoms with Gasteiger partial charge in [-0.1, -0.05) is 6.07 Å². The number of guanidine groups is 1. The SMILES string of the molecule is CS/C(C)=C/N=C(\N=C\Nc1cccc(N)c1)Nc1cnn(C)c1. The maximum Gasteiger partial charge on any atom is 0.228 e. The van der Waals surface area contributed by atoms with E-state index >= 15 is 0 Å². The van der Waals surface area contributed by atoms with Gasteiger partial charge in [0.1, 0.15) is 0 Å². The van der Waals surface area contributed by atoms with Crippen LogP contribution in [0.3, 0.4) is 0 Å². The van der Waals surface area contributed by atoms with Crippen molar-refractivity contribution in [2.24, 2.45) is 17.0 Å². The number of rotatable bonds is 5. The van der Waals surface area contributed by atoms with Gasteiger partial charge in [0.15, 0.2) is 0 Å². The number of allylic oxidation sites excluding steroid dienone is 1. The molecule has 1 aromatic carbocycles. The van der Waals surface area contributed by atoms with E-state index in [1.54, 1.807) is 35.2 Å². The lowest BCUT2D eigenvalue weighted by molar-refractivity contribution is 0.768. The molecule has 0 aliphatic rings. The Bertz CT molecular complexity index is 761. The van der Waals surface area contributed by atoms with E-state index in [1.165, 1.54) is 0 Å². The van der Waals surface area contributed by atoms with Crippen molar-refractivity contribution >= 4 is 41.1 Å². The third-order valence-corrected chi connectivity index (χ3v) is 3.71. The summed E-state index contributed by atoms with van der Waals surface area (Å²) in [6.45, 7) is 1.99. The lowest BCUT2D eigenvalue weighted by Crippen LogP contribution is -2.10. The van der Waals surface area contributed by atoms with Gasteiger partial charge in [0.2, 0.25) is 5.96 Å². The predicted molar refractivity (Wildman–Crippen MR) is 105 cm³/mol. The van der Waals surface area contributed by atoms with Crippen molar-refractivity contribution in [3.05, 3.63) is 47.8 Å². The molecule has 0 unspecified atom stereocenters. The van der Waals surface area contributed by atoms with Crippen LogP contribution in [0.2, 0.25) is 0 Å². The third-order valence-electron chi connectivity index (χ3n) is 2.96. The highest BCUT2D eigenvalue weighted by atomic mass is 32.2. The Balaban J connectivity index is 2.11. The fourth-order valence-electron chi connectivity index (χ4n) is 1.71. The summed E-state index contributed by atoms with van der Waals surface area (Å²) in [5.41, 5.74) is 8.11. The van der Waals surface area contributed by atoms with Gasteiger partial charge in [0.05, 0.1) is 18.2 Å². The molecule has 0 saturated carbocycles. The standard InChI is InChI=1S/C16H21N7S/c1-12(24-3)8-18-16(22-15-9-21-23(2)10-15)20-11-19-14-6-4-5-13(17)7-14/h4-11H,17H2,1-3H3,(H2,18,19,20,22)/b12-8+. The molecule has 0 amide bonds. The third kappa shape index (κ3) is 5.81. The quantitative estimate of drug-likeness (QED) is 0.441. The number of aromatic nitrogens is 2. The summed E-state index contributed by atoms with van der Waals surface area (Å²) in [4.78, 5) is 9.78. The van der Waals surface area contributed by atoms with Crippen LogP contribution in [-0.4, -0.2) is 28.3 Å². The number of aryl methyl sites for hydroxylation is 1. The summed E-state index contributed by atoms with van der Waals surface area (Å²) in [5.74, 6) is 0.452. The first-order valence-electron chi connectivity index (χ1n) is 7.25. The van der Waals surface area contributed by atoms with E-state index in [2.05, 4.69) is 25.7 Å². The van der Waals surface area contributed by atoms with Crippen LogP contribution in [0.4, 0.5) is 17.1 Å². The van der Waals surface area contributed by atoms with Crippen LogP contribution >= 0.6 is 11.8 Å². The summed E-state index contributed by atoms with van der Waals surface area (Å²) in [6, 6.07) is 7.44. The number of nitrogens with zero attached hydrogens (tertiary/aromatic N) is 4. The van der Waals surface area contributed by atoms with Gasteiger partial charge in [-0.2, -0.15) is 5.10 Å². The molecular weight excluding hydrogens is 322 g/mol. The second-order valence-electron chi connectivity index (χ2n) is 4.95. The first kappa shape index (κ1) is 17.6. The number of nitrogens with two attached hydrogens (primary N) is 1. The lowest BCUT2D eigenvalue weighted by Gasteiger charge is -2.04. The highest BCUT2D eigenvalue weighted by Crippen LogP contribution is 2.11. The largest absolute Gasteiger partial charge is 0.399 e. The summed E-state index contributed by atoms with van der Waals surface area (Å²) in [5, 5.41) is 10.3. The molecule has 2 rings (SSSR count). The number of hydrogen-bond donors (Lipinski definition) is 3. The molecular formula is C16H21N7S. The minimum absolute atomic E-state index is 0.452. The number of nitrogen functional groups attached to an aromatic ring is 1. The van der Waals surface area contributed by atoms with Crippen LogP contribution in [0.25, 0.3) is 0 Å². The Labute approximate surface area is 145 Å². The van der Waals surface area contributed by atoms with E-state index in [4.69, 9.17) is 5.73 Å². The second-order valence-corrected chi connectivity index (χ2v) is 6.00. The zero-order valence-corrected chi connectivity index (χ0v) is 14.7. The zero-order valence-electron chi connectivity index (χ0n) is 13.9. The van der Waals surface area contributed by atoms with Crippen molar-refractivity contribution in [2.75, 3.05) is 22.6 Å². The average Bonchev–Trinajstić information content (AvgIpc) is 2.97. The molecule has 4 N–H and O–H groups in total. The molecule has 0 fully saturated rings. The topological polar surface area (TPSA) is 92.6 Å². The van der Waals surface area contributed by atoms with E-state index < -0.39 is 0 Å². The monoisotopic (exact) mass is 343 g/mol. The van der Waals surface area contributed by atoms with Crippen molar-refractivity contribution in [3.63, 3.8) is 0 Å². The highest BCUT2D eigenvalue weighted by molar-refractivity contribution is 8.02. The minimum Gasteiger partial charge on any atom is -0.399 e. The molecule has 7 nitrogen and oxygen atoms in total. The zero-order chi connectivity index (χ0) is 17.4. The van der Waals surface area contributed by atoms with Gasteiger partial charge in [-0.3, -0.25) is 4.68 Å². The molecule has 1 heterocycles. The van der Waals surface area contributed by atoms with Crippen LogP contribution < -0.4 is 16.4 Å². The molecule has 0 atom stereocenters. The Kier molecular flexibility index (Phi) is 6.44. The molecule has 2 aromatic rings.